The van der Waals surface area contributed by atoms with Crippen LogP contribution in [-0.2, 0) is 4.79 Å². The van der Waals surface area contributed by atoms with Gasteiger partial charge in [0.15, 0.2) is 0 Å². The summed E-state index contributed by atoms with van der Waals surface area (Å²) in [4.78, 5) is 32.5. The van der Waals surface area contributed by atoms with E-state index in [0.29, 0.717) is 32.1 Å². The third kappa shape index (κ3) is 3.32. The summed E-state index contributed by atoms with van der Waals surface area (Å²) in [5.41, 5.74) is 1.70. The summed E-state index contributed by atoms with van der Waals surface area (Å²) < 4.78 is 0. The first kappa shape index (κ1) is 19.0. The highest BCUT2D eigenvalue weighted by molar-refractivity contribution is 5.95. The quantitative estimate of drug-likeness (QED) is 0.789. The Hall–Kier alpha value is -2.04. The molecule has 5 heteroatoms. The molecule has 29 heavy (non-hydrogen) atoms. The number of rotatable bonds is 3. The lowest BCUT2D eigenvalue weighted by atomic mass is 9.49. The lowest BCUT2D eigenvalue weighted by Crippen LogP contribution is -2.58. The van der Waals surface area contributed by atoms with E-state index in [1.165, 1.54) is 19.3 Å². The van der Waals surface area contributed by atoms with Crippen LogP contribution in [0.25, 0.3) is 0 Å². The minimum Gasteiger partial charge on any atom is -0.378 e. The predicted octanol–water partition coefficient (Wildman–Crippen LogP) is 3.25. The first-order valence-corrected chi connectivity index (χ1v) is 11.3. The van der Waals surface area contributed by atoms with Gasteiger partial charge in [-0.2, -0.15) is 0 Å². The standard InChI is InChI=1S/C24H33N3O2/c1-25(2)21-5-3-4-20(13-21)22(28)26-6-8-27(9-7-26)23(29)24-14-17-10-18(15-24)12-19(11-17)16-24/h3-5,13,17-19H,6-12,14-16H2,1-2H3. The van der Waals surface area contributed by atoms with Crippen LogP contribution in [0.1, 0.15) is 48.9 Å². The Morgan fingerprint density at radius 2 is 1.45 bits per heavy atom. The largest absolute Gasteiger partial charge is 0.378 e. The van der Waals surface area contributed by atoms with E-state index in [0.717, 1.165) is 48.3 Å². The second-order valence-corrected chi connectivity index (χ2v) is 10.2. The van der Waals surface area contributed by atoms with Crippen molar-refractivity contribution in [1.29, 1.82) is 0 Å². The number of amides is 2. The van der Waals surface area contributed by atoms with E-state index in [2.05, 4.69) is 4.90 Å². The fourth-order valence-corrected chi connectivity index (χ4v) is 6.92. The van der Waals surface area contributed by atoms with Crippen molar-refractivity contribution in [3.8, 4) is 0 Å². The molecule has 4 aliphatic carbocycles. The Morgan fingerprint density at radius 3 is 2.00 bits per heavy atom. The molecule has 5 aliphatic rings. The van der Waals surface area contributed by atoms with Gasteiger partial charge in [-0.1, -0.05) is 6.07 Å². The minimum atomic E-state index is -0.0685. The summed E-state index contributed by atoms with van der Waals surface area (Å²) >= 11 is 0. The summed E-state index contributed by atoms with van der Waals surface area (Å²) in [5, 5.41) is 0. The monoisotopic (exact) mass is 395 g/mol. The molecule has 0 radical (unpaired) electrons. The summed E-state index contributed by atoms with van der Waals surface area (Å²) in [6.45, 7) is 2.64. The van der Waals surface area contributed by atoms with E-state index in [1.54, 1.807) is 0 Å². The molecule has 2 amide bonds. The Labute approximate surface area is 174 Å². The van der Waals surface area contributed by atoms with Crippen molar-refractivity contribution >= 4 is 17.5 Å². The minimum absolute atomic E-state index is 0.0685. The molecule has 6 rings (SSSR count). The van der Waals surface area contributed by atoms with Gasteiger partial charge in [0, 0.05) is 51.5 Å². The maximum Gasteiger partial charge on any atom is 0.254 e. The Bertz CT molecular complexity index is 775. The molecule has 0 spiro atoms. The molecule has 0 N–H and O–H groups in total. The molecule has 5 nitrogen and oxygen atoms in total. The first-order chi connectivity index (χ1) is 13.9. The van der Waals surface area contributed by atoms with Crippen molar-refractivity contribution in [2.45, 2.75) is 38.5 Å². The molecular formula is C24H33N3O2. The normalized spacial score (nSPS) is 33.1. The number of nitrogens with zero attached hydrogens (tertiary/aromatic N) is 3. The highest BCUT2D eigenvalue weighted by Crippen LogP contribution is 2.60. The van der Waals surface area contributed by atoms with Crippen LogP contribution >= 0.6 is 0 Å². The molecule has 1 saturated heterocycles. The zero-order chi connectivity index (χ0) is 20.2. The van der Waals surface area contributed by atoms with Crippen LogP contribution in [-0.4, -0.2) is 61.9 Å². The number of hydrogen-bond acceptors (Lipinski definition) is 3. The molecule has 1 aromatic carbocycles. The third-order valence-corrected chi connectivity index (χ3v) is 7.96. The number of anilines is 1. The van der Waals surface area contributed by atoms with E-state index in [-0.39, 0.29) is 11.3 Å². The van der Waals surface area contributed by atoms with Gasteiger partial charge >= 0.3 is 0 Å². The van der Waals surface area contributed by atoms with Crippen molar-refractivity contribution in [1.82, 2.24) is 9.80 Å². The molecular weight excluding hydrogens is 362 g/mol. The smallest absolute Gasteiger partial charge is 0.254 e. The van der Waals surface area contributed by atoms with Crippen molar-refractivity contribution in [3.05, 3.63) is 29.8 Å². The molecule has 4 bridgehead atoms. The summed E-state index contributed by atoms with van der Waals surface area (Å²) in [6, 6.07) is 7.80. The number of piperazine rings is 1. The van der Waals surface area contributed by atoms with E-state index in [1.807, 2.05) is 48.2 Å². The van der Waals surface area contributed by atoms with Gasteiger partial charge in [0.25, 0.3) is 5.91 Å². The lowest BCUT2D eigenvalue weighted by molar-refractivity contribution is -0.159. The zero-order valence-electron chi connectivity index (χ0n) is 17.8. The van der Waals surface area contributed by atoms with Crippen molar-refractivity contribution in [2.75, 3.05) is 45.2 Å². The SMILES string of the molecule is CN(C)c1cccc(C(=O)N2CCN(C(=O)C34CC5CC(CC(C5)C3)C4)CC2)c1. The van der Waals surface area contributed by atoms with Crippen LogP contribution in [0.15, 0.2) is 24.3 Å². The Morgan fingerprint density at radius 1 is 0.897 bits per heavy atom. The van der Waals surface area contributed by atoms with E-state index in [4.69, 9.17) is 0 Å². The van der Waals surface area contributed by atoms with Crippen molar-refractivity contribution < 1.29 is 9.59 Å². The maximum absolute atomic E-state index is 13.5. The van der Waals surface area contributed by atoms with Crippen LogP contribution in [0.5, 0.6) is 0 Å². The molecule has 156 valence electrons. The average Bonchev–Trinajstić information content (AvgIpc) is 2.72. The second kappa shape index (κ2) is 7.03. The van der Waals surface area contributed by atoms with E-state index >= 15 is 0 Å². The van der Waals surface area contributed by atoms with Gasteiger partial charge in [0.1, 0.15) is 0 Å². The number of carbonyl (C=O) groups is 2. The van der Waals surface area contributed by atoms with Gasteiger partial charge in [0.05, 0.1) is 5.41 Å². The van der Waals surface area contributed by atoms with E-state index < -0.39 is 0 Å². The highest BCUT2D eigenvalue weighted by Gasteiger charge is 2.55. The van der Waals surface area contributed by atoms with Crippen LogP contribution in [0, 0.1) is 23.2 Å². The molecule has 1 aliphatic heterocycles. The molecule has 0 atom stereocenters. The van der Waals surface area contributed by atoms with Crippen LogP contribution in [0.2, 0.25) is 0 Å². The molecule has 1 aromatic rings. The maximum atomic E-state index is 13.5. The van der Waals surface area contributed by atoms with Gasteiger partial charge in [-0.3, -0.25) is 9.59 Å². The molecule has 0 aromatic heterocycles. The number of carbonyl (C=O) groups excluding carboxylic acids is 2. The topological polar surface area (TPSA) is 43.9 Å². The number of benzene rings is 1. The predicted molar refractivity (Wildman–Crippen MR) is 114 cm³/mol. The molecule has 5 fully saturated rings. The lowest BCUT2D eigenvalue weighted by Gasteiger charge is -2.57. The Kier molecular flexibility index (Phi) is 4.60. The van der Waals surface area contributed by atoms with Gasteiger partial charge < -0.3 is 14.7 Å². The van der Waals surface area contributed by atoms with Crippen LogP contribution < -0.4 is 4.90 Å². The second-order valence-electron chi connectivity index (χ2n) is 10.2. The van der Waals surface area contributed by atoms with Crippen molar-refractivity contribution in [3.63, 3.8) is 0 Å². The van der Waals surface area contributed by atoms with Crippen LogP contribution in [0.3, 0.4) is 0 Å². The van der Waals surface area contributed by atoms with Crippen molar-refractivity contribution in [2.24, 2.45) is 23.2 Å². The zero-order valence-corrected chi connectivity index (χ0v) is 17.8. The molecule has 0 unspecified atom stereocenters. The summed E-state index contributed by atoms with van der Waals surface area (Å²) in [7, 11) is 3.97. The van der Waals surface area contributed by atoms with Gasteiger partial charge in [0.2, 0.25) is 5.91 Å². The molecule has 1 heterocycles. The van der Waals surface area contributed by atoms with Gasteiger partial charge in [-0.25, -0.2) is 0 Å². The number of hydrogen-bond donors (Lipinski definition) is 0. The highest BCUT2D eigenvalue weighted by atomic mass is 16.2. The van der Waals surface area contributed by atoms with E-state index in [9.17, 15) is 9.59 Å². The van der Waals surface area contributed by atoms with Gasteiger partial charge in [-0.15, -0.1) is 0 Å². The van der Waals surface area contributed by atoms with Gasteiger partial charge in [-0.05, 0) is 74.5 Å². The summed E-state index contributed by atoms with van der Waals surface area (Å²) in [5.74, 6) is 2.85. The fraction of sp³-hybridized carbons (Fsp3) is 0.667. The third-order valence-electron chi connectivity index (χ3n) is 7.96. The first-order valence-electron chi connectivity index (χ1n) is 11.3. The summed E-state index contributed by atoms with van der Waals surface area (Å²) in [6.07, 6.45) is 7.44. The van der Waals surface area contributed by atoms with Crippen LogP contribution in [0.4, 0.5) is 5.69 Å². The Balaban J connectivity index is 1.23. The molecule has 4 saturated carbocycles. The average molecular weight is 396 g/mol. The fourth-order valence-electron chi connectivity index (χ4n) is 6.92.